The van der Waals surface area contributed by atoms with Crippen LogP contribution in [0.1, 0.15) is 24.0 Å². The molecule has 1 unspecified atom stereocenters. The molecule has 6 nitrogen and oxygen atoms in total. The zero-order valence-electron chi connectivity index (χ0n) is 14.0. The van der Waals surface area contributed by atoms with E-state index in [1.807, 2.05) is 13.2 Å². The molecule has 0 fully saturated rings. The molecule has 3 aromatic rings. The van der Waals surface area contributed by atoms with Gasteiger partial charge in [0, 0.05) is 13.1 Å². The fourth-order valence-electron chi connectivity index (χ4n) is 3.56. The summed E-state index contributed by atoms with van der Waals surface area (Å²) in [4.78, 5) is 8.74. The average Bonchev–Trinajstić information content (AvgIpc) is 2.86. The summed E-state index contributed by atoms with van der Waals surface area (Å²) in [5.41, 5.74) is 3.56. The first kappa shape index (κ1) is 14.9. The molecular weight excluding hydrogens is 302 g/mol. The summed E-state index contributed by atoms with van der Waals surface area (Å²) in [6.45, 7) is 0. The molecule has 0 radical (unpaired) electrons. The van der Waals surface area contributed by atoms with Crippen LogP contribution in [0.4, 0.5) is 5.82 Å². The number of ether oxygens (including phenoxy) is 1. The summed E-state index contributed by atoms with van der Waals surface area (Å²) >= 11 is 0. The Morgan fingerprint density at radius 2 is 2.21 bits per heavy atom. The van der Waals surface area contributed by atoms with Crippen molar-refractivity contribution in [1.29, 1.82) is 0 Å². The van der Waals surface area contributed by atoms with E-state index in [0.29, 0.717) is 6.04 Å². The molecule has 6 heteroatoms. The molecule has 1 N–H and O–H groups in total. The Bertz CT molecular complexity index is 873. The maximum absolute atomic E-state index is 5.53. The second-order valence-corrected chi connectivity index (χ2v) is 6.26. The van der Waals surface area contributed by atoms with E-state index in [1.165, 1.54) is 11.1 Å². The molecule has 1 atom stereocenters. The zero-order chi connectivity index (χ0) is 16.5. The van der Waals surface area contributed by atoms with Crippen LogP contribution in [-0.4, -0.2) is 32.9 Å². The maximum atomic E-state index is 5.53. The first-order valence-corrected chi connectivity index (χ1v) is 8.30. The summed E-state index contributed by atoms with van der Waals surface area (Å²) in [5, 5.41) is 8.86. The number of nitrogens with one attached hydrogen (secondary N) is 1. The standard InChI is InChI=1S/C18H21N5O/c1-23-18-15(10-21-23)17(19-11-20-18)22-13-6-4-7-14-12(9-13)5-3-8-16(14)24-2/h3,5,8,10-11,13H,4,6-7,9H2,1-2H3,(H,19,20,22). The highest BCUT2D eigenvalue weighted by molar-refractivity contribution is 5.86. The normalized spacial score (nSPS) is 17.3. The number of aryl methyl sites for hydroxylation is 1. The van der Waals surface area contributed by atoms with Gasteiger partial charge in [-0.05, 0) is 42.9 Å². The van der Waals surface area contributed by atoms with Crippen LogP contribution in [0.2, 0.25) is 0 Å². The predicted molar refractivity (Wildman–Crippen MR) is 93.4 cm³/mol. The van der Waals surface area contributed by atoms with Crippen molar-refractivity contribution < 1.29 is 4.74 Å². The minimum Gasteiger partial charge on any atom is -0.496 e. The fraction of sp³-hybridized carbons (Fsp3) is 0.389. The van der Waals surface area contributed by atoms with E-state index in [1.54, 1.807) is 18.1 Å². The number of methoxy groups -OCH3 is 1. The molecular formula is C18H21N5O. The second-order valence-electron chi connectivity index (χ2n) is 6.26. The van der Waals surface area contributed by atoms with Crippen molar-refractivity contribution in [3.8, 4) is 5.75 Å². The molecule has 1 aliphatic rings. The Kier molecular flexibility index (Phi) is 3.80. The molecule has 0 saturated carbocycles. The third kappa shape index (κ3) is 2.58. The van der Waals surface area contributed by atoms with E-state index in [-0.39, 0.29) is 0 Å². The lowest BCUT2D eigenvalue weighted by atomic mass is 10.0. The number of rotatable bonds is 3. The largest absolute Gasteiger partial charge is 0.496 e. The zero-order valence-corrected chi connectivity index (χ0v) is 14.0. The number of hydrogen-bond acceptors (Lipinski definition) is 5. The highest BCUT2D eigenvalue weighted by atomic mass is 16.5. The Morgan fingerprint density at radius 1 is 1.29 bits per heavy atom. The molecule has 2 heterocycles. The molecule has 1 aliphatic carbocycles. The van der Waals surface area contributed by atoms with Crippen molar-refractivity contribution in [2.75, 3.05) is 12.4 Å². The molecule has 0 aliphatic heterocycles. The lowest BCUT2D eigenvalue weighted by Gasteiger charge is -2.18. The van der Waals surface area contributed by atoms with Gasteiger partial charge in [-0.3, -0.25) is 4.68 Å². The van der Waals surface area contributed by atoms with Crippen LogP contribution < -0.4 is 10.1 Å². The molecule has 124 valence electrons. The van der Waals surface area contributed by atoms with E-state index in [2.05, 4.69) is 38.6 Å². The van der Waals surface area contributed by atoms with Gasteiger partial charge in [-0.2, -0.15) is 5.10 Å². The van der Waals surface area contributed by atoms with Gasteiger partial charge in [0.25, 0.3) is 0 Å². The van der Waals surface area contributed by atoms with E-state index in [9.17, 15) is 0 Å². The predicted octanol–water partition coefficient (Wildman–Crippen LogP) is 2.73. The van der Waals surface area contributed by atoms with Crippen molar-refractivity contribution in [2.24, 2.45) is 7.05 Å². The van der Waals surface area contributed by atoms with Crippen LogP contribution >= 0.6 is 0 Å². The van der Waals surface area contributed by atoms with Gasteiger partial charge in [0.05, 0.1) is 18.7 Å². The third-order valence-corrected chi connectivity index (χ3v) is 4.77. The topological polar surface area (TPSA) is 64.9 Å². The van der Waals surface area contributed by atoms with Crippen LogP contribution in [0.3, 0.4) is 0 Å². The van der Waals surface area contributed by atoms with Gasteiger partial charge in [0.15, 0.2) is 5.65 Å². The smallest absolute Gasteiger partial charge is 0.163 e. The van der Waals surface area contributed by atoms with Crippen LogP contribution in [0.25, 0.3) is 11.0 Å². The van der Waals surface area contributed by atoms with Crippen molar-refractivity contribution in [3.63, 3.8) is 0 Å². The summed E-state index contributed by atoms with van der Waals surface area (Å²) in [7, 11) is 3.64. The van der Waals surface area contributed by atoms with Crippen LogP contribution in [0, 0.1) is 0 Å². The summed E-state index contributed by atoms with van der Waals surface area (Å²) in [6, 6.07) is 6.68. The molecule has 4 rings (SSSR count). The first-order valence-electron chi connectivity index (χ1n) is 8.30. The lowest BCUT2D eigenvalue weighted by Crippen LogP contribution is -2.22. The number of nitrogens with zero attached hydrogens (tertiary/aromatic N) is 4. The summed E-state index contributed by atoms with van der Waals surface area (Å²) in [6.07, 6.45) is 7.68. The monoisotopic (exact) mass is 323 g/mol. The van der Waals surface area contributed by atoms with E-state index in [4.69, 9.17) is 4.74 Å². The SMILES string of the molecule is COc1cccc2c1CCCC(Nc1ncnc3c1cnn3C)C2. The van der Waals surface area contributed by atoms with Gasteiger partial charge in [0.1, 0.15) is 17.9 Å². The van der Waals surface area contributed by atoms with Gasteiger partial charge in [-0.25, -0.2) is 9.97 Å². The maximum Gasteiger partial charge on any atom is 0.163 e. The molecule has 0 saturated heterocycles. The molecule has 2 aromatic heterocycles. The Hall–Kier alpha value is -2.63. The van der Waals surface area contributed by atoms with Crippen molar-refractivity contribution in [1.82, 2.24) is 19.7 Å². The Labute approximate surface area is 140 Å². The Morgan fingerprint density at radius 3 is 3.08 bits per heavy atom. The van der Waals surface area contributed by atoms with Crippen LogP contribution in [-0.2, 0) is 19.9 Å². The number of fused-ring (bicyclic) bond motifs is 2. The molecule has 0 bridgehead atoms. The number of benzene rings is 1. The van der Waals surface area contributed by atoms with Gasteiger partial charge in [0.2, 0.25) is 0 Å². The molecule has 0 amide bonds. The third-order valence-electron chi connectivity index (χ3n) is 4.77. The fourth-order valence-corrected chi connectivity index (χ4v) is 3.56. The van der Waals surface area contributed by atoms with Gasteiger partial charge >= 0.3 is 0 Å². The molecule has 1 aromatic carbocycles. The number of hydrogen-bond donors (Lipinski definition) is 1. The van der Waals surface area contributed by atoms with E-state index >= 15 is 0 Å². The first-order chi connectivity index (χ1) is 11.8. The number of aromatic nitrogens is 4. The summed E-state index contributed by atoms with van der Waals surface area (Å²) in [5.74, 6) is 1.87. The minimum atomic E-state index is 0.344. The van der Waals surface area contributed by atoms with Gasteiger partial charge in [-0.15, -0.1) is 0 Å². The lowest BCUT2D eigenvalue weighted by molar-refractivity contribution is 0.409. The van der Waals surface area contributed by atoms with E-state index < -0.39 is 0 Å². The second kappa shape index (κ2) is 6.11. The van der Waals surface area contributed by atoms with Crippen molar-refractivity contribution >= 4 is 16.9 Å². The highest BCUT2D eigenvalue weighted by Gasteiger charge is 2.20. The average molecular weight is 323 g/mol. The van der Waals surface area contributed by atoms with E-state index in [0.717, 1.165) is 48.3 Å². The summed E-state index contributed by atoms with van der Waals surface area (Å²) < 4.78 is 7.30. The van der Waals surface area contributed by atoms with Crippen molar-refractivity contribution in [3.05, 3.63) is 41.9 Å². The van der Waals surface area contributed by atoms with Crippen LogP contribution in [0.5, 0.6) is 5.75 Å². The highest BCUT2D eigenvalue weighted by Crippen LogP contribution is 2.30. The Balaban J connectivity index is 1.63. The van der Waals surface area contributed by atoms with Crippen LogP contribution in [0.15, 0.2) is 30.7 Å². The van der Waals surface area contributed by atoms with Crippen molar-refractivity contribution in [2.45, 2.75) is 31.7 Å². The minimum absolute atomic E-state index is 0.344. The molecule has 24 heavy (non-hydrogen) atoms. The van der Waals surface area contributed by atoms with Gasteiger partial charge < -0.3 is 10.1 Å². The quantitative estimate of drug-likeness (QED) is 0.751. The van der Waals surface area contributed by atoms with Gasteiger partial charge in [-0.1, -0.05) is 12.1 Å². The number of anilines is 1. The molecule has 0 spiro atoms.